The molecule has 3 aromatic heterocycles. The van der Waals surface area contributed by atoms with Crippen molar-refractivity contribution in [1.29, 1.82) is 5.26 Å². The highest BCUT2D eigenvalue weighted by Crippen LogP contribution is 2.30. The van der Waals surface area contributed by atoms with Crippen molar-refractivity contribution in [1.82, 2.24) is 19.3 Å². The summed E-state index contributed by atoms with van der Waals surface area (Å²) >= 11 is 0. The minimum Gasteiger partial charge on any atom is -0.497 e. The molecule has 6 rings (SSSR count). The smallest absolute Gasteiger partial charge is 0.277 e. The largest absolute Gasteiger partial charge is 0.497 e. The van der Waals surface area contributed by atoms with Gasteiger partial charge < -0.3 is 18.6 Å². The summed E-state index contributed by atoms with van der Waals surface area (Å²) in [5.74, 6) is 0.838. The number of hydrogen-bond donors (Lipinski definition) is 0. The van der Waals surface area contributed by atoms with Crippen LogP contribution in [0.1, 0.15) is 17.0 Å². The zero-order valence-electron chi connectivity index (χ0n) is 22.1. The van der Waals surface area contributed by atoms with Crippen molar-refractivity contribution in [3.8, 4) is 11.8 Å². The van der Waals surface area contributed by atoms with Gasteiger partial charge in [-0.2, -0.15) is 10.4 Å². The molecule has 0 aliphatic carbocycles. The number of methoxy groups -OCH3 is 1. The lowest BCUT2D eigenvalue weighted by Crippen LogP contribution is -2.35. The molecule has 10 heteroatoms. The molecule has 0 aliphatic heterocycles. The summed E-state index contributed by atoms with van der Waals surface area (Å²) in [6, 6.07) is 20.3. The first kappa shape index (κ1) is 24.9. The van der Waals surface area contributed by atoms with Crippen LogP contribution in [0.5, 0.6) is 5.75 Å². The molecule has 0 unspecified atom stereocenters. The van der Waals surface area contributed by atoms with E-state index in [9.17, 15) is 9.59 Å². The van der Waals surface area contributed by atoms with Gasteiger partial charge in [-0.05, 0) is 48.0 Å². The summed E-state index contributed by atoms with van der Waals surface area (Å²) in [4.78, 5) is 32.8. The van der Waals surface area contributed by atoms with Gasteiger partial charge in [0.15, 0.2) is 11.5 Å². The molecular formula is C30H24N6O4. The van der Waals surface area contributed by atoms with Gasteiger partial charge in [-0.25, -0.2) is 9.67 Å². The lowest BCUT2D eigenvalue weighted by atomic mass is 10.1. The number of fused-ring (bicyclic) bond motifs is 4. The van der Waals surface area contributed by atoms with Crippen LogP contribution in [0.3, 0.4) is 0 Å². The van der Waals surface area contributed by atoms with Gasteiger partial charge in [0.05, 0.1) is 35.8 Å². The van der Waals surface area contributed by atoms with Crippen molar-refractivity contribution < 1.29 is 13.9 Å². The molecule has 3 aromatic carbocycles. The molecule has 3 heterocycles. The van der Waals surface area contributed by atoms with E-state index in [1.54, 1.807) is 57.6 Å². The average Bonchev–Trinajstić information content (AvgIpc) is 3.50. The van der Waals surface area contributed by atoms with Crippen LogP contribution in [0, 0.1) is 18.3 Å². The predicted molar refractivity (Wildman–Crippen MR) is 150 cm³/mol. The van der Waals surface area contributed by atoms with E-state index in [0.717, 1.165) is 11.1 Å². The molecule has 0 aliphatic rings. The van der Waals surface area contributed by atoms with Crippen molar-refractivity contribution in [2.75, 3.05) is 19.1 Å². The van der Waals surface area contributed by atoms with Gasteiger partial charge in [0.25, 0.3) is 5.56 Å². The summed E-state index contributed by atoms with van der Waals surface area (Å²) in [5, 5.41) is 14.7. The maximum Gasteiger partial charge on any atom is 0.277 e. The van der Waals surface area contributed by atoms with Gasteiger partial charge in [-0.3, -0.25) is 9.59 Å². The van der Waals surface area contributed by atoms with E-state index in [1.807, 2.05) is 34.9 Å². The third-order valence-corrected chi connectivity index (χ3v) is 7.03. The quantitative estimate of drug-likeness (QED) is 0.312. The van der Waals surface area contributed by atoms with Gasteiger partial charge in [0.1, 0.15) is 17.8 Å². The fourth-order valence-corrected chi connectivity index (χ4v) is 4.91. The number of carbonyl (C=O) groups is 1. The van der Waals surface area contributed by atoms with E-state index in [1.165, 1.54) is 9.58 Å². The molecule has 0 saturated heterocycles. The summed E-state index contributed by atoms with van der Waals surface area (Å²) < 4.78 is 14.2. The van der Waals surface area contributed by atoms with E-state index in [2.05, 4.69) is 16.2 Å². The Hall–Kier alpha value is -5.43. The van der Waals surface area contributed by atoms with Crippen LogP contribution in [0.4, 0.5) is 5.69 Å². The number of aromatic nitrogens is 4. The number of carbonyl (C=O) groups excluding carboxylic acids is 1. The standard InChI is InChI=1S/C30H24N6O4/c1-18-33-24-10-8-21(12-27(24)40-18)34(2)28(37)17-36-30(38)29-23-13-22(39-3)9-11-25(23)35(26(29)15-32-36)16-20-6-4-19(14-31)5-7-20/h4-13,15H,16-17H2,1-3H3. The zero-order valence-corrected chi connectivity index (χ0v) is 22.1. The summed E-state index contributed by atoms with van der Waals surface area (Å²) in [5.41, 5.74) is 4.54. The minimum absolute atomic E-state index is 0.245. The van der Waals surface area contributed by atoms with Crippen LogP contribution in [0.25, 0.3) is 32.9 Å². The lowest BCUT2D eigenvalue weighted by Gasteiger charge is -2.17. The maximum absolute atomic E-state index is 13.8. The molecule has 10 nitrogen and oxygen atoms in total. The number of hydrogen-bond acceptors (Lipinski definition) is 7. The normalized spacial score (nSPS) is 11.2. The van der Waals surface area contributed by atoms with Gasteiger partial charge in [-0.1, -0.05) is 12.1 Å². The first-order chi connectivity index (χ1) is 19.4. The fourth-order valence-electron chi connectivity index (χ4n) is 4.91. The van der Waals surface area contributed by atoms with Gasteiger partial charge in [-0.15, -0.1) is 0 Å². The number of ether oxygens (including phenoxy) is 1. The van der Waals surface area contributed by atoms with Crippen LogP contribution < -0.4 is 15.2 Å². The van der Waals surface area contributed by atoms with Crippen LogP contribution in [0.2, 0.25) is 0 Å². The summed E-state index contributed by atoms with van der Waals surface area (Å²) in [6.07, 6.45) is 1.61. The predicted octanol–water partition coefficient (Wildman–Crippen LogP) is 4.39. The zero-order chi connectivity index (χ0) is 28.0. The first-order valence-corrected chi connectivity index (χ1v) is 12.5. The minimum atomic E-state index is -0.377. The molecule has 0 atom stereocenters. The number of oxazole rings is 1. The number of nitrogens with zero attached hydrogens (tertiary/aromatic N) is 6. The fraction of sp³-hybridized carbons (Fsp3) is 0.167. The number of nitriles is 1. The topological polar surface area (TPSA) is 119 Å². The van der Waals surface area contributed by atoms with Crippen molar-refractivity contribution in [2.24, 2.45) is 0 Å². The van der Waals surface area contributed by atoms with E-state index in [0.29, 0.717) is 56.8 Å². The first-order valence-electron chi connectivity index (χ1n) is 12.5. The van der Waals surface area contributed by atoms with Gasteiger partial charge in [0.2, 0.25) is 5.91 Å². The molecule has 0 N–H and O–H groups in total. The number of likely N-dealkylation sites (N-methyl/N-ethyl adjacent to an activating group) is 1. The summed E-state index contributed by atoms with van der Waals surface area (Å²) in [6.45, 7) is 1.99. The van der Waals surface area contributed by atoms with Crippen LogP contribution in [-0.4, -0.2) is 39.4 Å². The Morgan fingerprint density at radius 3 is 2.65 bits per heavy atom. The Bertz CT molecular complexity index is 2030. The number of benzene rings is 3. The average molecular weight is 533 g/mol. The highest BCUT2D eigenvalue weighted by Gasteiger charge is 2.20. The van der Waals surface area contributed by atoms with Crippen molar-refractivity contribution in [2.45, 2.75) is 20.0 Å². The van der Waals surface area contributed by atoms with E-state index in [4.69, 9.17) is 14.4 Å². The number of rotatable bonds is 6. The van der Waals surface area contributed by atoms with E-state index >= 15 is 0 Å². The monoisotopic (exact) mass is 532 g/mol. The SMILES string of the molecule is COc1ccc2c(c1)c1c(=O)n(CC(=O)N(C)c3ccc4nc(C)oc4c3)ncc1n2Cc1ccc(C#N)cc1. The molecule has 198 valence electrons. The maximum atomic E-state index is 13.8. The molecule has 1 amide bonds. The third kappa shape index (κ3) is 4.23. The van der Waals surface area contributed by atoms with Crippen molar-refractivity contribution >= 4 is 44.5 Å². The number of anilines is 1. The van der Waals surface area contributed by atoms with Crippen molar-refractivity contribution in [3.05, 3.63) is 94.2 Å². The Kier molecular flexibility index (Phi) is 6.04. The molecule has 40 heavy (non-hydrogen) atoms. The second kappa shape index (κ2) is 9.71. The Morgan fingerprint density at radius 1 is 1.10 bits per heavy atom. The second-order valence-electron chi connectivity index (χ2n) is 9.48. The van der Waals surface area contributed by atoms with Crippen LogP contribution >= 0.6 is 0 Å². The number of aryl methyl sites for hydroxylation is 1. The summed E-state index contributed by atoms with van der Waals surface area (Å²) in [7, 11) is 3.22. The molecule has 0 fully saturated rings. The Labute approximate surface area is 228 Å². The van der Waals surface area contributed by atoms with Gasteiger partial charge >= 0.3 is 0 Å². The van der Waals surface area contributed by atoms with Crippen LogP contribution in [-0.2, 0) is 17.9 Å². The molecule has 6 aromatic rings. The third-order valence-electron chi connectivity index (χ3n) is 7.03. The highest BCUT2D eigenvalue weighted by atomic mass is 16.5. The Balaban J connectivity index is 1.39. The molecule has 0 bridgehead atoms. The van der Waals surface area contributed by atoms with E-state index in [-0.39, 0.29) is 18.0 Å². The lowest BCUT2D eigenvalue weighted by molar-refractivity contribution is -0.119. The molecule has 0 saturated carbocycles. The second-order valence-corrected chi connectivity index (χ2v) is 9.48. The van der Waals surface area contributed by atoms with Crippen molar-refractivity contribution in [3.63, 3.8) is 0 Å². The molecule has 0 radical (unpaired) electrons. The number of amides is 1. The molecular weight excluding hydrogens is 508 g/mol. The highest BCUT2D eigenvalue weighted by molar-refractivity contribution is 6.08. The molecule has 0 spiro atoms. The van der Waals surface area contributed by atoms with Gasteiger partial charge in [0, 0.05) is 43.2 Å². The van der Waals surface area contributed by atoms with Crippen LogP contribution in [0.15, 0.2) is 76.1 Å². The Morgan fingerprint density at radius 2 is 1.90 bits per heavy atom. The van der Waals surface area contributed by atoms with E-state index < -0.39 is 0 Å².